The van der Waals surface area contributed by atoms with Crippen molar-refractivity contribution < 1.29 is 13.9 Å². The summed E-state index contributed by atoms with van der Waals surface area (Å²) in [6.07, 6.45) is -0.374. The number of fused-ring (bicyclic) bond motifs is 1. The third-order valence-electron chi connectivity index (χ3n) is 2.41. The summed E-state index contributed by atoms with van der Waals surface area (Å²) >= 11 is 0. The third kappa shape index (κ3) is 1.28. The molecule has 1 aliphatic rings. The van der Waals surface area contributed by atoms with Crippen LogP contribution in [0.4, 0.5) is 0 Å². The molecule has 15 heavy (non-hydrogen) atoms. The fourth-order valence-corrected chi connectivity index (χ4v) is 1.73. The second kappa shape index (κ2) is 3.22. The molecule has 0 spiro atoms. The van der Waals surface area contributed by atoms with Crippen LogP contribution < -0.4 is 5.76 Å². The number of benzene rings is 1. The number of aromatic nitrogens is 1. The van der Waals surface area contributed by atoms with Crippen LogP contribution in [0.3, 0.4) is 0 Å². The van der Waals surface area contributed by atoms with Crippen LogP contribution in [0.15, 0.2) is 33.5 Å². The predicted molar refractivity (Wildman–Crippen MR) is 51.4 cm³/mol. The van der Waals surface area contributed by atoms with Gasteiger partial charge in [0.1, 0.15) is 6.79 Å². The molecule has 0 N–H and O–H groups in total. The van der Waals surface area contributed by atoms with Crippen molar-refractivity contribution in [3.8, 4) is 0 Å². The lowest BCUT2D eigenvalue weighted by molar-refractivity contribution is 0.0225. The highest BCUT2D eigenvalue weighted by atomic mass is 16.7. The van der Waals surface area contributed by atoms with Crippen LogP contribution in [-0.2, 0) is 9.47 Å². The van der Waals surface area contributed by atoms with Crippen molar-refractivity contribution in [2.45, 2.75) is 6.23 Å². The molecule has 0 bridgehead atoms. The number of rotatable bonds is 1. The molecule has 2 aromatic rings. The Labute approximate surface area is 84.8 Å². The zero-order valence-corrected chi connectivity index (χ0v) is 7.88. The largest absolute Gasteiger partial charge is 0.422 e. The van der Waals surface area contributed by atoms with Gasteiger partial charge in [0.05, 0.1) is 12.1 Å². The van der Waals surface area contributed by atoms with Gasteiger partial charge >= 0.3 is 5.76 Å². The molecule has 1 unspecified atom stereocenters. The van der Waals surface area contributed by atoms with E-state index in [4.69, 9.17) is 13.9 Å². The number of ether oxygens (including phenoxy) is 2. The number of oxazole rings is 1. The predicted octanol–water partition coefficient (Wildman–Crippen LogP) is 1.10. The van der Waals surface area contributed by atoms with Crippen LogP contribution in [-0.4, -0.2) is 18.0 Å². The molecule has 0 saturated carbocycles. The summed E-state index contributed by atoms with van der Waals surface area (Å²) in [6, 6.07) is 7.25. The van der Waals surface area contributed by atoms with E-state index in [1.807, 2.05) is 18.2 Å². The molecule has 1 saturated heterocycles. The molecule has 3 rings (SSSR count). The van der Waals surface area contributed by atoms with Crippen molar-refractivity contribution in [3.05, 3.63) is 34.8 Å². The average Bonchev–Trinajstić information content (AvgIpc) is 2.82. The molecular formula is C10H9NO4. The molecule has 78 valence electrons. The highest BCUT2D eigenvalue weighted by Crippen LogP contribution is 2.20. The minimum Gasteiger partial charge on any atom is -0.408 e. The molecule has 2 heterocycles. The van der Waals surface area contributed by atoms with E-state index in [-0.39, 0.29) is 13.0 Å². The summed E-state index contributed by atoms with van der Waals surface area (Å²) in [4.78, 5) is 11.6. The minimum atomic E-state index is -0.410. The van der Waals surface area contributed by atoms with Crippen molar-refractivity contribution >= 4 is 11.1 Å². The second-order valence-corrected chi connectivity index (χ2v) is 3.32. The van der Waals surface area contributed by atoms with Crippen molar-refractivity contribution in [1.29, 1.82) is 0 Å². The summed E-state index contributed by atoms with van der Waals surface area (Å²) in [5.41, 5.74) is 1.30. The first-order chi connectivity index (χ1) is 7.36. The highest BCUT2D eigenvalue weighted by molar-refractivity contribution is 5.72. The SMILES string of the molecule is O=c1oc2ccccc2n1C1COCO1. The molecule has 5 heteroatoms. The summed E-state index contributed by atoms with van der Waals surface area (Å²) in [7, 11) is 0. The Hall–Kier alpha value is -1.59. The van der Waals surface area contributed by atoms with E-state index in [9.17, 15) is 4.79 Å². The van der Waals surface area contributed by atoms with Crippen LogP contribution in [0.25, 0.3) is 11.1 Å². The molecule has 1 aromatic carbocycles. The van der Waals surface area contributed by atoms with Crippen molar-refractivity contribution in [2.75, 3.05) is 13.4 Å². The van der Waals surface area contributed by atoms with Gasteiger partial charge < -0.3 is 13.9 Å². The molecule has 1 aliphatic heterocycles. The Bertz CT molecular complexity index is 536. The number of hydrogen-bond donors (Lipinski definition) is 0. The lowest BCUT2D eigenvalue weighted by Gasteiger charge is -2.07. The van der Waals surface area contributed by atoms with Gasteiger partial charge in [-0.05, 0) is 12.1 Å². The standard InChI is InChI=1S/C10H9NO4/c12-10-11(9-5-13-6-14-9)7-3-1-2-4-8(7)15-10/h1-4,9H,5-6H2. The maximum Gasteiger partial charge on any atom is 0.422 e. The van der Waals surface area contributed by atoms with Gasteiger partial charge in [0.2, 0.25) is 0 Å². The van der Waals surface area contributed by atoms with Crippen LogP contribution >= 0.6 is 0 Å². The number of hydrogen-bond acceptors (Lipinski definition) is 4. The van der Waals surface area contributed by atoms with E-state index in [1.165, 1.54) is 4.57 Å². The second-order valence-electron chi connectivity index (χ2n) is 3.32. The maximum absolute atomic E-state index is 11.6. The Balaban J connectivity index is 2.23. The van der Waals surface area contributed by atoms with Crippen molar-refractivity contribution in [1.82, 2.24) is 4.57 Å². The van der Waals surface area contributed by atoms with E-state index < -0.39 is 5.76 Å². The highest BCUT2D eigenvalue weighted by Gasteiger charge is 2.23. The third-order valence-corrected chi connectivity index (χ3v) is 2.41. The fourth-order valence-electron chi connectivity index (χ4n) is 1.73. The molecule has 1 fully saturated rings. The Morgan fingerprint density at radius 2 is 2.20 bits per heavy atom. The Morgan fingerprint density at radius 3 is 3.00 bits per heavy atom. The van der Waals surface area contributed by atoms with Crippen LogP contribution in [0.1, 0.15) is 6.23 Å². The van der Waals surface area contributed by atoms with Crippen LogP contribution in [0.5, 0.6) is 0 Å². The van der Waals surface area contributed by atoms with Gasteiger partial charge in [-0.1, -0.05) is 12.1 Å². The average molecular weight is 207 g/mol. The lowest BCUT2D eigenvalue weighted by Crippen LogP contribution is -2.21. The van der Waals surface area contributed by atoms with Gasteiger partial charge in [-0.25, -0.2) is 9.36 Å². The smallest absolute Gasteiger partial charge is 0.408 e. The van der Waals surface area contributed by atoms with Crippen molar-refractivity contribution in [3.63, 3.8) is 0 Å². The van der Waals surface area contributed by atoms with Crippen LogP contribution in [0.2, 0.25) is 0 Å². The van der Waals surface area contributed by atoms with Gasteiger partial charge in [0, 0.05) is 0 Å². The van der Waals surface area contributed by atoms with E-state index in [2.05, 4.69) is 0 Å². The topological polar surface area (TPSA) is 53.6 Å². The first kappa shape index (κ1) is 8.70. The zero-order chi connectivity index (χ0) is 10.3. The van der Waals surface area contributed by atoms with Gasteiger partial charge in [0.25, 0.3) is 0 Å². The van der Waals surface area contributed by atoms with Crippen molar-refractivity contribution in [2.24, 2.45) is 0 Å². The van der Waals surface area contributed by atoms with Gasteiger partial charge in [-0.3, -0.25) is 0 Å². The number of para-hydroxylation sites is 2. The van der Waals surface area contributed by atoms with Crippen LogP contribution in [0, 0.1) is 0 Å². The van der Waals surface area contributed by atoms with E-state index in [1.54, 1.807) is 6.07 Å². The molecule has 0 radical (unpaired) electrons. The maximum atomic E-state index is 11.6. The summed E-state index contributed by atoms with van der Waals surface area (Å²) in [6.45, 7) is 0.597. The quantitative estimate of drug-likeness (QED) is 0.702. The molecular weight excluding hydrogens is 198 g/mol. The first-order valence-electron chi connectivity index (χ1n) is 4.66. The Morgan fingerprint density at radius 1 is 1.33 bits per heavy atom. The minimum absolute atomic E-state index is 0.219. The van der Waals surface area contributed by atoms with Gasteiger partial charge in [-0.2, -0.15) is 0 Å². The molecule has 0 amide bonds. The molecule has 0 aliphatic carbocycles. The van der Waals surface area contributed by atoms with E-state index in [0.29, 0.717) is 12.2 Å². The summed E-state index contributed by atoms with van der Waals surface area (Å²) < 4.78 is 16.9. The molecule has 1 aromatic heterocycles. The normalized spacial score (nSPS) is 21.2. The van der Waals surface area contributed by atoms with Gasteiger partial charge in [0.15, 0.2) is 11.8 Å². The Kier molecular flexibility index (Phi) is 1.87. The van der Waals surface area contributed by atoms with E-state index >= 15 is 0 Å². The fraction of sp³-hybridized carbons (Fsp3) is 0.300. The van der Waals surface area contributed by atoms with Gasteiger partial charge in [-0.15, -0.1) is 0 Å². The molecule has 1 atom stereocenters. The molecule has 5 nitrogen and oxygen atoms in total. The monoisotopic (exact) mass is 207 g/mol. The number of nitrogens with zero attached hydrogens (tertiary/aromatic N) is 1. The summed E-state index contributed by atoms with van der Waals surface area (Å²) in [5.74, 6) is -0.410. The lowest BCUT2D eigenvalue weighted by atomic mass is 10.3. The zero-order valence-electron chi connectivity index (χ0n) is 7.88. The first-order valence-corrected chi connectivity index (χ1v) is 4.66. The summed E-state index contributed by atoms with van der Waals surface area (Å²) in [5, 5.41) is 0. The van der Waals surface area contributed by atoms with E-state index in [0.717, 1.165) is 5.52 Å².